The average Bonchev–Trinajstić information content (AvgIpc) is 3.84. The van der Waals surface area contributed by atoms with Crippen LogP contribution in [0.5, 0.6) is 0 Å². The van der Waals surface area contributed by atoms with E-state index < -0.39 is 89.7 Å². The van der Waals surface area contributed by atoms with Crippen LogP contribution < -0.4 is 118 Å². The van der Waals surface area contributed by atoms with Gasteiger partial charge < -0.3 is 28.2 Å². The number of aromatic amines is 2. The summed E-state index contributed by atoms with van der Waals surface area (Å²) in [6.07, 6.45) is 9.72. The van der Waals surface area contributed by atoms with Crippen molar-refractivity contribution in [3.05, 3.63) is 116 Å². The summed E-state index contributed by atoms with van der Waals surface area (Å²) in [6, 6.07) is 3.35. The van der Waals surface area contributed by atoms with Crippen LogP contribution in [0.15, 0.2) is 86.4 Å². The molecule has 5 atom stereocenters. The van der Waals surface area contributed by atoms with E-state index in [1.54, 1.807) is 6.08 Å². The maximum Gasteiger partial charge on any atom is 1.00 e. The zero-order valence-electron chi connectivity index (χ0n) is 31.7. The molecule has 20 nitrogen and oxygen atoms in total. The second-order valence-electron chi connectivity index (χ2n) is 13.2. The Hall–Kier alpha value is -1.34. The molecule has 5 heterocycles. The third-order valence-electron chi connectivity index (χ3n) is 9.96. The van der Waals surface area contributed by atoms with Crippen molar-refractivity contribution >= 4 is 68.1 Å². The Bertz CT molecular complexity index is 3240. The summed E-state index contributed by atoms with van der Waals surface area (Å²) in [5.41, 5.74) is 0.0316. The van der Waals surface area contributed by atoms with Gasteiger partial charge in [-0.1, -0.05) is 30.4 Å². The first-order chi connectivity index (χ1) is 26.2. The second kappa shape index (κ2) is 17.6. The average molecular weight is 929 g/mol. The van der Waals surface area contributed by atoms with Gasteiger partial charge >= 0.3 is 118 Å². The molecule has 3 aliphatic heterocycles. The van der Waals surface area contributed by atoms with Gasteiger partial charge in [-0.2, -0.15) is 0 Å². The molecule has 288 valence electrons. The first-order valence-corrected chi connectivity index (χ1v) is 21.9. The summed E-state index contributed by atoms with van der Waals surface area (Å²) in [5, 5.41) is 0.250. The van der Waals surface area contributed by atoms with Crippen molar-refractivity contribution in [2.75, 3.05) is 0 Å². The van der Waals surface area contributed by atoms with Crippen molar-refractivity contribution in [1.82, 2.24) is 39.9 Å². The van der Waals surface area contributed by atoms with Crippen LogP contribution in [0.2, 0.25) is 0 Å². The first-order valence-electron chi connectivity index (χ1n) is 16.2. The Balaban J connectivity index is 0.00000171. The molecule has 0 saturated carbocycles. The van der Waals surface area contributed by atoms with Crippen LogP contribution in [0.4, 0.5) is 0 Å². The Morgan fingerprint density at radius 3 is 1.95 bits per heavy atom. The van der Waals surface area contributed by atoms with Crippen LogP contribution in [0.1, 0.15) is 71.0 Å². The van der Waals surface area contributed by atoms with Crippen LogP contribution in [-0.4, -0.2) is 91.8 Å². The van der Waals surface area contributed by atoms with Crippen molar-refractivity contribution in [3.8, 4) is 0 Å². The van der Waals surface area contributed by atoms with Gasteiger partial charge in [0.1, 0.15) is 80.9 Å². The number of H-pyrrole nitrogens is 2. The van der Waals surface area contributed by atoms with E-state index in [1.165, 1.54) is 24.3 Å². The van der Waals surface area contributed by atoms with Gasteiger partial charge in [0.2, 0.25) is 0 Å². The summed E-state index contributed by atoms with van der Waals surface area (Å²) >= 11 is 0. The molecule has 3 aliphatic carbocycles. The molecule has 60 heavy (non-hydrogen) atoms. The number of fused-ring (bicyclic) bond motifs is 20. The molecule has 8 bridgehead atoms. The Labute approximate surface area is 429 Å². The second-order valence-corrected chi connectivity index (χ2v) is 18.8. The van der Waals surface area contributed by atoms with Crippen molar-refractivity contribution < 1.29 is 170 Å². The van der Waals surface area contributed by atoms with Gasteiger partial charge in [0.15, 0.2) is 5.82 Å². The monoisotopic (exact) mass is 928 g/mol. The molecule has 2 N–H and O–H groups in total. The van der Waals surface area contributed by atoms with Crippen LogP contribution >= 0.6 is 0 Å². The van der Waals surface area contributed by atoms with E-state index in [0.717, 1.165) is 36.4 Å². The third kappa shape index (κ3) is 9.00. The van der Waals surface area contributed by atoms with E-state index in [0.29, 0.717) is 0 Å². The maximum atomic E-state index is 12.6. The van der Waals surface area contributed by atoms with E-state index in [1.807, 2.05) is 0 Å². The number of aromatic nitrogens is 8. The standard InChI is InChI=1S/C32H24N8O12S4.4Na/c41-53(42,43)13-4-7-16-20(10-13)29-33-25(16)35-30-22-12-15(55(47,48)49)6-9-18(22)27(37-30)39-32-24-19(2-1-3-23(24)56(50,51)52)28(40-32)38-31-21-11-14(54(44,45)46)5-8-17(21)26(34-29)36-31;;;;/h1-6,8-12,16-17,19,21,24,37H,7H2,(H,41,42,43)(H,44,45,46)(H,47,48,49)(H,50,51,52)(H,33,34,35,36,38,39,40);;;;/q;4*+1/p-4. The largest absolute Gasteiger partial charge is 1.00 e. The minimum atomic E-state index is -5.10. The number of rotatable bonds is 4. The third-order valence-corrected chi connectivity index (χ3v) is 13.5. The van der Waals surface area contributed by atoms with Crippen molar-refractivity contribution in [1.29, 1.82) is 0 Å². The molecular formula is C32H20N8Na4O12S4. The van der Waals surface area contributed by atoms with Gasteiger partial charge in [-0.05, 0) is 42.8 Å². The van der Waals surface area contributed by atoms with E-state index in [-0.39, 0.29) is 187 Å². The number of allylic oxidation sites excluding steroid dienone is 10. The van der Waals surface area contributed by atoms with Gasteiger partial charge in [0.25, 0.3) is 0 Å². The Kier molecular flexibility index (Phi) is 14.5. The number of benzene rings is 1. The number of nitrogens with zero attached hydrogens (tertiary/aromatic N) is 6. The molecule has 3 aromatic rings. The number of hydrogen-bond acceptors (Lipinski definition) is 18. The van der Waals surface area contributed by atoms with E-state index in [2.05, 4.69) is 39.9 Å². The van der Waals surface area contributed by atoms with Crippen LogP contribution in [0.3, 0.4) is 0 Å². The summed E-state index contributed by atoms with van der Waals surface area (Å²) in [7, 11) is -20.0. The predicted octanol–water partition coefficient (Wildman–Crippen LogP) is -10.6. The molecule has 6 aliphatic rings. The van der Waals surface area contributed by atoms with Gasteiger partial charge in [0.05, 0.1) is 44.3 Å². The summed E-state index contributed by atoms with van der Waals surface area (Å²) in [5.74, 6) is -5.33. The minimum Gasteiger partial charge on any atom is -0.744 e. The van der Waals surface area contributed by atoms with E-state index in [9.17, 15) is 51.9 Å². The molecule has 0 saturated heterocycles. The van der Waals surface area contributed by atoms with Crippen molar-refractivity contribution in [3.63, 3.8) is 0 Å². The molecule has 28 heteroatoms. The van der Waals surface area contributed by atoms with Gasteiger partial charge in [-0.25, -0.2) is 63.6 Å². The molecule has 5 unspecified atom stereocenters. The quantitative estimate of drug-likeness (QED) is 0.181. The first kappa shape index (κ1) is 49.7. The van der Waals surface area contributed by atoms with E-state index >= 15 is 0 Å². The molecule has 0 fully saturated rings. The fraction of sp³-hybridized carbons (Fsp3) is 0.188. The smallest absolute Gasteiger partial charge is 0.744 e. The van der Waals surface area contributed by atoms with E-state index in [4.69, 9.17) is 0 Å². The predicted molar refractivity (Wildman–Crippen MR) is 187 cm³/mol. The van der Waals surface area contributed by atoms with Gasteiger partial charge in [-0.15, -0.1) is 0 Å². The molecule has 1 aromatic carbocycles. The fourth-order valence-electron chi connectivity index (χ4n) is 7.44. The Morgan fingerprint density at radius 1 is 0.617 bits per heavy atom. The molecule has 0 spiro atoms. The summed E-state index contributed by atoms with van der Waals surface area (Å²) in [4.78, 5) is 31.3. The fourth-order valence-corrected chi connectivity index (χ4v) is 9.88. The normalized spacial score (nSPS) is 22.4. The SMILES string of the molecule is O=S(=O)([O-])C1=CCC2C(=C1)c1nc2nc2[nH]c(nc3[nH]c(nc4nc(n1)C1C=CC(S(=O)(=O)[O-])=CC41)C1C=CC=C(S(=O)(=O)[O-])C31)c1ccc(S(=O)(=O)[O-])cc21.[Na+].[Na+].[Na+].[Na+]. The molecule has 0 radical (unpaired) electrons. The molecule has 2 aromatic heterocycles. The minimum absolute atomic E-state index is 0. The van der Waals surface area contributed by atoms with Gasteiger partial charge in [-0.3, -0.25) is 0 Å². The van der Waals surface area contributed by atoms with Crippen molar-refractivity contribution in [2.45, 2.75) is 40.9 Å². The zero-order chi connectivity index (χ0) is 39.7. The summed E-state index contributed by atoms with van der Waals surface area (Å²) in [6.45, 7) is 0. The number of hydrogen-bond donors (Lipinski definition) is 2. The zero-order valence-corrected chi connectivity index (χ0v) is 42.9. The maximum absolute atomic E-state index is 12.6. The number of nitrogens with one attached hydrogen (secondary N) is 2. The molecule has 9 rings (SSSR count). The van der Waals surface area contributed by atoms with Crippen LogP contribution in [-0.2, 0) is 40.5 Å². The van der Waals surface area contributed by atoms with Gasteiger partial charge in [0, 0.05) is 21.3 Å². The van der Waals surface area contributed by atoms with Crippen LogP contribution in [0.25, 0.3) is 27.6 Å². The summed E-state index contributed by atoms with van der Waals surface area (Å²) < 4.78 is 147. The molecule has 0 amide bonds. The topological polar surface area (TPSA) is 338 Å². The molecular weight excluding hydrogens is 909 g/mol. The van der Waals surface area contributed by atoms with Crippen molar-refractivity contribution in [2.24, 2.45) is 0 Å². The van der Waals surface area contributed by atoms with Crippen LogP contribution in [0, 0.1) is 0 Å². The Morgan fingerprint density at radius 2 is 1.28 bits per heavy atom.